The number of nitrogens with two attached hydrogens (primary N) is 1. The van der Waals surface area contributed by atoms with Gasteiger partial charge in [0.05, 0.1) is 12.2 Å². The zero-order valence-electron chi connectivity index (χ0n) is 20.7. The molecule has 0 spiro atoms. The van der Waals surface area contributed by atoms with Crippen LogP contribution in [-0.2, 0) is 21.3 Å². The zero-order valence-corrected chi connectivity index (χ0v) is 20.7. The predicted octanol–water partition coefficient (Wildman–Crippen LogP) is 5.32. The van der Waals surface area contributed by atoms with Crippen LogP contribution in [0.5, 0.6) is 0 Å². The van der Waals surface area contributed by atoms with E-state index in [-0.39, 0.29) is 29.0 Å². The molecule has 4 N–H and O–H groups in total. The highest BCUT2D eigenvalue weighted by Crippen LogP contribution is 2.50. The summed E-state index contributed by atoms with van der Waals surface area (Å²) in [5.74, 6) is 4.16. The number of hydrogen-bond acceptors (Lipinski definition) is 4. The average molecular weight is 511 g/mol. The molecule has 5 nitrogen and oxygen atoms in total. The number of rotatable bonds is 7. The Labute approximate surface area is 213 Å². The molecule has 0 fully saturated rings. The van der Waals surface area contributed by atoms with Crippen molar-refractivity contribution in [1.29, 1.82) is 0 Å². The minimum Gasteiger partial charge on any atom is -0.384 e. The van der Waals surface area contributed by atoms with Crippen molar-refractivity contribution in [2.45, 2.75) is 50.4 Å². The van der Waals surface area contributed by atoms with Crippen molar-refractivity contribution < 1.29 is 27.8 Å². The van der Waals surface area contributed by atoms with Crippen LogP contribution in [0.25, 0.3) is 10.8 Å². The summed E-state index contributed by atoms with van der Waals surface area (Å²) in [7, 11) is 0. The van der Waals surface area contributed by atoms with E-state index in [1.807, 2.05) is 38.1 Å². The lowest BCUT2D eigenvalue weighted by Gasteiger charge is -2.33. The van der Waals surface area contributed by atoms with Crippen LogP contribution in [0.4, 0.5) is 18.9 Å². The summed E-state index contributed by atoms with van der Waals surface area (Å²) in [6.45, 7) is 3.35. The summed E-state index contributed by atoms with van der Waals surface area (Å²) in [5, 5.41) is 13.3. The molecule has 37 heavy (non-hydrogen) atoms. The molecule has 8 heteroatoms. The Morgan fingerprint density at radius 2 is 1.76 bits per heavy atom. The SMILES string of the molecule is CCC(N)(CC)CCOC1(c2ccc3ccccc3c2)C(=O)Nc2cc(C#CCO)cc(C(F)(F)F)c21. The highest BCUT2D eigenvalue weighted by atomic mass is 19.4. The van der Waals surface area contributed by atoms with Crippen LogP contribution in [0.15, 0.2) is 54.6 Å². The highest BCUT2D eigenvalue weighted by molar-refractivity contribution is 6.08. The van der Waals surface area contributed by atoms with Crippen LogP contribution in [0.2, 0.25) is 0 Å². The topological polar surface area (TPSA) is 84.6 Å². The van der Waals surface area contributed by atoms with Crippen LogP contribution in [0.3, 0.4) is 0 Å². The number of ether oxygens (including phenoxy) is 1. The Hall–Kier alpha value is -3.38. The molecule has 3 aromatic rings. The first-order chi connectivity index (χ1) is 17.6. The number of carbonyl (C=O) groups excluding carboxylic acids is 1. The molecule has 1 amide bonds. The highest BCUT2D eigenvalue weighted by Gasteiger charge is 2.55. The number of benzene rings is 3. The van der Waals surface area contributed by atoms with Gasteiger partial charge in [0.1, 0.15) is 6.61 Å². The second kappa shape index (κ2) is 10.2. The first-order valence-electron chi connectivity index (χ1n) is 12.2. The maximum Gasteiger partial charge on any atom is 0.416 e. The normalized spacial score (nSPS) is 17.3. The molecule has 1 aliphatic heterocycles. The third-order valence-corrected chi connectivity index (χ3v) is 7.16. The molecule has 4 rings (SSSR count). The molecule has 0 aliphatic carbocycles. The van der Waals surface area contributed by atoms with Gasteiger partial charge in [0.2, 0.25) is 0 Å². The molecule has 0 radical (unpaired) electrons. The van der Waals surface area contributed by atoms with Gasteiger partial charge in [-0.1, -0.05) is 62.1 Å². The lowest BCUT2D eigenvalue weighted by atomic mass is 9.82. The van der Waals surface area contributed by atoms with E-state index in [9.17, 15) is 18.0 Å². The van der Waals surface area contributed by atoms with Gasteiger partial charge in [0, 0.05) is 22.4 Å². The van der Waals surface area contributed by atoms with Gasteiger partial charge in [0.15, 0.2) is 5.60 Å². The second-order valence-corrected chi connectivity index (χ2v) is 9.27. The maximum atomic E-state index is 14.5. The quantitative estimate of drug-likeness (QED) is 0.376. The van der Waals surface area contributed by atoms with Crippen LogP contribution in [0, 0.1) is 11.8 Å². The van der Waals surface area contributed by atoms with E-state index in [2.05, 4.69) is 17.2 Å². The number of aliphatic hydroxyl groups excluding tert-OH is 1. The molecule has 3 aromatic carbocycles. The lowest BCUT2D eigenvalue weighted by molar-refractivity contribution is -0.145. The molecule has 0 saturated carbocycles. The van der Waals surface area contributed by atoms with E-state index in [4.69, 9.17) is 15.6 Å². The van der Waals surface area contributed by atoms with E-state index < -0.39 is 35.4 Å². The van der Waals surface area contributed by atoms with Crippen LogP contribution in [0.1, 0.15) is 55.4 Å². The van der Waals surface area contributed by atoms with Gasteiger partial charge in [-0.15, -0.1) is 0 Å². The van der Waals surface area contributed by atoms with Crippen molar-refractivity contribution in [1.82, 2.24) is 0 Å². The summed E-state index contributed by atoms with van der Waals surface area (Å²) in [5.41, 5.74) is 2.78. The third-order valence-electron chi connectivity index (χ3n) is 7.16. The van der Waals surface area contributed by atoms with E-state index in [0.29, 0.717) is 19.3 Å². The minimum atomic E-state index is -4.80. The zero-order chi connectivity index (χ0) is 26.8. The number of alkyl halides is 3. The summed E-state index contributed by atoms with van der Waals surface area (Å²) in [6.07, 6.45) is -3.14. The molecule has 1 unspecified atom stereocenters. The van der Waals surface area contributed by atoms with Crippen molar-refractivity contribution in [3.05, 3.63) is 76.9 Å². The second-order valence-electron chi connectivity index (χ2n) is 9.27. The number of hydrogen-bond donors (Lipinski definition) is 3. The van der Waals surface area contributed by atoms with Gasteiger partial charge in [-0.05, 0) is 53.8 Å². The Balaban J connectivity index is 1.96. The summed E-state index contributed by atoms with van der Waals surface area (Å²) < 4.78 is 49.7. The monoisotopic (exact) mass is 510 g/mol. The largest absolute Gasteiger partial charge is 0.416 e. The van der Waals surface area contributed by atoms with E-state index >= 15 is 0 Å². The smallest absolute Gasteiger partial charge is 0.384 e. The Morgan fingerprint density at radius 1 is 1.05 bits per heavy atom. The lowest BCUT2D eigenvalue weighted by Crippen LogP contribution is -2.43. The fourth-order valence-electron chi connectivity index (χ4n) is 4.80. The molecule has 0 saturated heterocycles. The molecule has 0 aromatic heterocycles. The molecule has 194 valence electrons. The standard InChI is InChI=1S/C29H29F3N2O3/c1-3-27(33,4-2)13-15-37-28(22-12-11-20-9-5-6-10-21(20)18-22)25-23(29(30,31)32)16-19(8-7-14-35)17-24(25)34-26(28)36/h5-6,9-12,16-18,35H,3-4,13-15,33H2,1-2H3,(H,34,36). The van der Waals surface area contributed by atoms with Crippen molar-refractivity contribution >= 4 is 22.4 Å². The van der Waals surface area contributed by atoms with E-state index in [0.717, 1.165) is 16.8 Å². The third kappa shape index (κ3) is 4.95. The van der Waals surface area contributed by atoms with Gasteiger partial charge in [0.25, 0.3) is 5.91 Å². The number of anilines is 1. The van der Waals surface area contributed by atoms with Gasteiger partial charge >= 0.3 is 6.18 Å². The van der Waals surface area contributed by atoms with Gasteiger partial charge in [-0.25, -0.2) is 0 Å². The first kappa shape index (κ1) is 26.7. The van der Waals surface area contributed by atoms with Crippen LogP contribution in [-0.4, -0.2) is 29.8 Å². The summed E-state index contributed by atoms with van der Waals surface area (Å²) in [6, 6.07) is 14.8. The molecule has 1 heterocycles. The number of fused-ring (bicyclic) bond motifs is 2. The summed E-state index contributed by atoms with van der Waals surface area (Å²) >= 11 is 0. The number of nitrogens with one attached hydrogen (secondary N) is 1. The fraction of sp³-hybridized carbons (Fsp3) is 0.345. The number of halogens is 3. The average Bonchev–Trinajstić information content (AvgIpc) is 3.17. The molecule has 0 bridgehead atoms. The van der Waals surface area contributed by atoms with Gasteiger partial charge in [-0.2, -0.15) is 13.2 Å². The number of amides is 1. The van der Waals surface area contributed by atoms with Crippen molar-refractivity contribution in [2.24, 2.45) is 5.73 Å². The Morgan fingerprint density at radius 3 is 2.41 bits per heavy atom. The van der Waals surface area contributed by atoms with Gasteiger partial charge in [-0.3, -0.25) is 4.79 Å². The minimum absolute atomic E-state index is 0.0210. The number of aliphatic hydroxyl groups is 1. The maximum absolute atomic E-state index is 14.5. The Kier molecular flexibility index (Phi) is 7.33. The summed E-state index contributed by atoms with van der Waals surface area (Å²) in [4.78, 5) is 13.7. The fourth-order valence-corrected chi connectivity index (χ4v) is 4.80. The molecular weight excluding hydrogens is 481 g/mol. The van der Waals surface area contributed by atoms with Crippen molar-refractivity contribution in [3.8, 4) is 11.8 Å². The van der Waals surface area contributed by atoms with E-state index in [1.165, 1.54) is 6.07 Å². The molecular formula is C29H29F3N2O3. The van der Waals surface area contributed by atoms with Crippen LogP contribution < -0.4 is 11.1 Å². The number of carbonyl (C=O) groups is 1. The van der Waals surface area contributed by atoms with Gasteiger partial charge < -0.3 is 20.9 Å². The van der Waals surface area contributed by atoms with E-state index in [1.54, 1.807) is 18.2 Å². The van der Waals surface area contributed by atoms with Crippen molar-refractivity contribution in [3.63, 3.8) is 0 Å². The van der Waals surface area contributed by atoms with Crippen LogP contribution >= 0.6 is 0 Å². The molecule has 1 atom stereocenters. The molecule has 1 aliphatic rings. The van der Waals surface area contributed by atoms with Crippen molar-refractivity contribution in [2.75, 3.05) is 18.5 Å². The first-order valence-corrected chi connectivity index (χ1v) is 12.2. The Bertz CT molecular complexity index is 1390. The predicted molar refractivity (Wildman–Crippen MR) is 137 cm³/mol.